The highest BCUT2D eigenvalue weighted by Crippen LogP contribution is 2.20. The summed E-state index contributed by atoms with van der Waals surface area (Å²) in [5, 5.41) is 3.13. The van der Waals surface area contributed by atoms with Crippen LogP contribution < -0.4 is 5.32 Å². The van der Waals surface area contributed by atoms with E-state index < -0.39 is 12.6 Å². The van der Waals surface area contributed by atoms with Crippen molar-refractivity contribution in [2.75, 3.05) is 26.7 Å². The maximum absolute atomic E-state index is 11.9. The molecule has 0 radical (unpaired) electrons. The molecule has 0 amide bonds. The van der Waals surface area contributed by atoms with Gasteiger partial charge in [0.2, 0.25) is 0 Å². The lowest BCUT2D eigenvalue weighted by Crippen LogP contribution is -2.35. The van der Waals surface area contributed by atoms with Crippen molar-refractivity contribution in [2.45, 2.75) is 25.1 Å². The smallest absolute Gasteiger partial charge is 0.315 e. The van der Waals surface area contributed by atoms with Crippen LogP contribution in [0.4, 0.5) is 13.2 Å². The maximum Gasteiger partial charge on any atom is 0.390 e. The third kappa shape index (κ3) is 3.95. The fourth-order valence-electron chi connectivity index (χ4n) is 1.50. The summed E-state index contributed by atoms with van der Waals surface area (Å²) in [6.07, 6.45) is -3.78. The van der Waals surface area contributed by atoms with Gasteiger partial charge < -0.3 is 10.2 Å². The van der Waals surface area contributed by atoms with Crippen LogP contribution in [0.3, 0.4) is 0 Å². The molecule has 1 rings (SSSR count). The Morgan fingerprint density at radius 3 is 2.62 bits per heavy atom. The topological polar surface area (TPSA) is 15.3 Å². The molecule has 5 heteroatoms. The van der Waals surface area contributed by atoms with Crippen molar-refractivity contribution in [3.8, 4) is 0 Å². The molecular weight excluding hydrogens is 181 g/mol. The number of nitrogens with zero attached hydrogens (tertiary/aromatic N) is 1. The minimum absolute atomic E-state index is 0.107. The lowest BCUT2D eigenvalue weighted by molar-refractivity contribution is -0.138. The third-order valence-corrected chi connectivity index (χ3v) is 2.41. The lowest BCUT2D eigenvalue weighted by Gasteiger charge is -2.23. The zero-order valence-electron chi connectivity index (χ0n) is 7.69. The molecular formula is C8H15F3N2. The number of nitrogens with one attached hydrogen (secondary N) is 1. The van der Waals surface area contributed by atoms with Gasteiger partial charge >= 0.3 is 6.18 Å². The molecule has 1 saturated heterocycles. The van der Waals surface area contributed by atoms with Crippen LogP contribution in [0.15, 0.2) is 0 Å². The van der Waals surface area contributed by atoms with Gasteiger partial charge in [-0.3, -0.25) is 0 Å². The van der Waals surface area contributed by atoms with Crippen molar-refractivity contribution >= 4 is 0 Å². The molecule has 1 aliphatic heterocycles. The van der Waals surface area contributed by atoms with Crippen molar-refractivity contribution in [1.29, 1.82) is 0 Å². The predicted molar refractivity (Wildman–Crippen MR) is 44.6 cm³/mol. The Morgan fingerprint density at radius 2 is 2.15 bits per heavy atom. The standard InChI is InChI=1S/C8H15F3N2/c1-13(5-3-8(9,10)11)7-2-4-12-6-7/h7,12H,2-6H2,1H3. The van der Waals surface area contributed by atoms with Gasteiger partial charge in [0.15, 0.2) is 0 Å². The molecule has 1 N–H and O–H groups in total. The van der Waals surface area contributed by atoms with Crippen LogP contribution in [-0.2, 0) is 0 Å². The molecule has 1 unspecified atom stereocenters. The molecule has 1 atom stereocenters. The molecule has 0 bridgehead atoms. The van der Waals surface area contributed by atoms with Gasteiger partial charge in [-0.05, 0) is 20.0 Å². The van der Waals surface area contributed by atoms with Gasteiger partial charge in [0.05, 0.1) is 6.42 Å². The first-order valence-corrected chi connectivity index (χ1v) is 4.47. The van der Waals surface area contributed by atoms with Crippen LogP contribution in [0.5, 0.6) is 0 Å². The van der Waals surface area contributed by atoms with E-state index in [1.165, 1.54) is 0 Å². The SMILES string of the molecule is CN(CCC(F)(F)F)C1CCNC1. The summed E-state index contributed by atoms with van der Waals surface area (Å²) in [5.41, 5.74) is 0. The van der Waals surface area contributed by atoms with E-state index in [1.54, 1.807) is 11.9 Å². The summed E-state index contributed by atoms with van der Waals surface area (Å²) >= 11 is 0. The van der Waals surface area contributed by atoms with Gasteiger partial charge in [-0.1, -0.05) is 0 Å². The van der Waals surface area contributed by atoms with E-state index in [0.29, 0.717) is 0 Å². The van der Waals surface area contributed by atoms with Crippen molar-refractivity contribution in [3.05, 3.63) is 0 Å². The molecule has 1 fully saturated rings. The summed E-state index contributed by atoms with van der Waals surface area (Å²) in [5.74, 6) is 0. The van der Waals surface area contributed by atoms with E-state index in [9.17, 15) is 13.2 Å². The molecule has 0 aliphatic carbocycles. The number of rotatable bonds is 3. The highest BCUT2D eigenvalue weighted by atomic mass is 19.4. The number of hydrogen-bond donors (Lipinski definition) is 1. The molecule has 0 spiro atoms. The first-order chi connectivity index (χ1) is 5.99. The van der Waals surface area contributed by atoms with Crippen LogP contribution in [-0.4, -0.2) is 43.8 Å². The Labute approximate surface area is 76.1 Å². The van der Waals surface area contributed by atoms with Gasteiger partial charge in [0.25, 0.3) is 0 Å². The second-order valence-corrected chi connectivity index (χ2v) is 3.49. The van der Waals surface area contributed by atoms with E-state index in [4.69, 9.17) is 0 Å². The fourth-order valence-corrected chi connectivity index (χ4v) is 1.50. The number of likely N-dealkylation sites (N-methyl/N-ethyl adjacent to an activating group) is 1. The minimum atomic E-state index is -4.03. The summed E-state index contributed by atoms with van der Waals surface area (Å²) in [6.45, 7) is 1.84. The van der Waals surface area contributed by atoms with Gasteiger partial charge in [0, 0.05) is 19.1 Å². The van der Waals surface area contributed by atoms with E-state index in [-0.39, 0.29) is 12.6 Å². The third-order valence-electron chi connectivity index (χ3n) is 2.41. The molecule has 78 valence electrons. The van der Waals surface area contributed by atoms with E-state index >= 15 is 0 Å². The first kappa shape index (κ1) is 10.8. The summed E-state index contributed by atoms with van der Waals surface area (Å²) in [6, 6.07) is 0.280. The molecule has 0 aromatic rings. The second-order valence-electron chi connectivity index (χ2n) is 3.49. The fraction of sp³-hybridized carbons (Fsp3) is 1.00. The summed E-state index contributed by atoms with van der Waals surface area (Å²) < 4.78 is 35.6. The van der Waals surface area contributed by atoms with Crippen LogP contribution in [0.25, 0.3) is 0 Å². The zero-order chi connectivity index (χ0) is 9.90. The average Bonchev–Trinajstić information content (AvgIpc) is 2.50. The van der Waals surface area contributed by atoms with Gasteiger partial charge in [-0.2, -0.15) is 13.2 Å². The molecule has 1 heterocycles. The van der Waals surface area contributed by atoms with Crippen molar-refractivity contribution < 1.29 is 13.2 Å². The Morgan fingerprint density at radius 1 is 1.46 bits per heavy atom. The van der Waals surface area contributed by atoms with E-state index in [1.807, 2.05) is 0 Å². The maximum atomic E-state index is 11.9. The Balaban J connectivity index is 2.20. The van der Waals surface area contributed by atoms with Crippen molar-refractivity contribution in [2.24, 2.45) is 0 Å². The van der Waals surface area contributed by atoms with Gasteiger partial charge in [-0.25, -0.2) is 0 Å². The number of halogens is 3. The lowest BCUT2D eigenvalue weighted by atomic mass is 10.2. The van der Waals surface area contributed by atoms with Crippen molar-refractivity contribution in [1.82, 2.24) is 10.2 Å². The minimum Gasteiger partial charge on any atom is -0.315 e. The number of hydrogen-bond acceptors (Lipinski definition) is 2. The summed E-state index contributed by atoms with van der Waals surface area (Å²) in [7, 11) is 1.75. The Hall–Kier alpha value is -0.290. The van der Waals surface area contributed by atoms with Gasteiger partial charge in [-0.15, -0.1) is 0 Å². The Kier molecular flexibility index (Phi) is 3.55. The van der Waals surface area contributed by atoms with E-state index in [2.05, 4.69) is 5.32 Å². The largest absolute Gasteiger partial charge is 0.390 e. The quantitative estimate of drug-likeness (QED) is 0.730. The van der Waals surface area contributed by atoms with Crippen LogP contribution in [0.1, 0.15) is 12.8 Å². The predicted octanol–water partition coefficient (Wildman–Crippen LogP) is 1.23. The van der Waals surface area contributed by atoms with Crippen LogP contribution in [0.2, 0.25) is 0 Å². The normalized spacial score (nSPS) is 24.2. The monoisotopic (exact) mass is 196 g/mol. The zero-order valence-corrected chi connectivity index (χ0v) is 7.69. The molecule has 1 aliphatic rings. The van der Waals surface area contributed by atoms with E-state index in [0.717, 1.165) is 19.5 Å². The average molecular weight is 196 g/mol. The highest BCUT2D eigenvalue weighted by Gasteiger charge is 2.29. The molecule has 2 nitrogen and oxygen atoms in total. The molecule has 13 heavy (non-hydrogen) atoms. The van der Waals surface area contributed by atoms with Crippen molar-refractivity contribution in [3.63, 3.8) is 0 Å². The molecule has 0 aromatic heterocycles. The van der Waals surface area contributed by atoms with Crippen LogP contribution >= 0.6 is 0 Å². The second kappa shape index (κ2) is 4.28. The van der Waals surface area contributed by atoms with Gasteiger partial charge in [0.1, 0.15) is 0 Å². The first-order valence-electron chi connectivity index (χ1n) is 4.47. The molecule has 0 aromatic carbocycles. The Bertz CT molecular complexity index is 152. The highest BCUT2D eigenvalue weighted by molar-refractivity contribution is 4.78. The summed E-state index contributed by atoms with van der Waals surface area (Å²) in [4.78, 5) is 1.79. The molecule has 0 saturated carbocycles. The number of alkyl halides is 3. The van der Waals surface area contributed by atoms with Crippen LogP contribution in [0, 0.1) is 0 Å².